The van der Waals surface area contributed by atoms with E-state index in [1.54, 1.807) is 19.5 Å². The van der Waals surface area contributed by atoms with Crippen molar-refractivity contribution in [3.05, 3.63) is 66.1 Å². The third-order valence-electron chi connectivity index (χ3n) is 5.63. The van der Waals surface area contributed by atoms with Crippen molar-refractivity contribution < 1.29 is 14.2 Å². The topological polar surface area (TPSA) is 56.7 Å². The van der Waals surface area contributed by atoms with Crippen LogP contribution in [0.2, 0.25) is 0 Å². The van der Waals surface area contributed by atoms with Gasteiger partial charge in [-0.05, 0) is 66.4 Å². The lowest BCUT2D eigenvalue weighted by Crippen LogP contribution is -2.19. The van der Waals surface area contributed by atoms with E-state index in [9.17, 15) is 0 Å². The van der Waals surface area contributed by atoms with Crippen LogP contribution in [-0.4, -0.2) is 41.9 Å². The van der Waals surface area contributed by atoms with Crippen molar-refractivity contribution in [3.8, 4) is 28.5 Å². The lowest BCUT2D eigenvalue weighted by atomic mass is 9.97. The lowest BCUT2D eigenvalue weighted by Gasteiger charge is -2.17. The summed E-state index contributed by atoms with van der Waals surface area (Å²) in [5.74, 6) is 2.72. The SMILES string of the molecule is COc1cc(CN2CCC(c3ccnc(-c4ccncc4)c3)C2)cc2c1OCO2. The Morgan fingerprint density at radius 2 is 2.00 bits per heavy atom. The Labute approximate surface area is 170 Å². The van der Waals surface area contributed by atoms with Crippen LogP contribution in [0.25, 0.3) is 11.3 Å². The molecule has 6 heteroatoms. The highest BCUT2D eigenvalue weighted by atomic mass is 16.7. The minimum Gasteiger partial charge on any atom is -0.493 e. The normalized spacial score (nSPS) is 18.2. The molecule has 0 bridgehead atoms. The van der Waals surface area contributed by atoms with Gasteiger partial charge >= 0.3 is 0 Å². The molecule has 1 unspecified atom stereocenters. The van der Waals surface area contributed by atoms with E-state index in [4.69, 9.17) is 14.2 Å². The zero-order valence-corrected chi connectivity index (χ0v) is 16.4. The monoisotopic (exact) mass is 389 g/mol. The first-order valence-electron chi connectivity index (χ1n) is 9.85. The van der Waals surface area contributed by atoms with Crippen LogP contribution in [0.5, 0.6) is 17.2 Å². The molecular weight excluding hydrogens is 366 g/mol. The number of ether oxygens (including phenoxy) is 3. The molecule has 6 nitrogen and oxygen atoms in total. The Morgan fingerprint density at radius 3 is 2.86 bits per heavy atom. The highest BCUT2D eigenvalue weighted by Gasteiger charge is 2.26. The minimum absolute atomic E-state index is 0.253. The van der Waals surface area contributed by atoms with Gasteiger partial charge in [-0.15, -0.1) is 0 Å². The van der Waals surface area contributed by atoms with Crippen molar-refractivity contribution in [2.24, 2.45) is 0 Å². The lowest BCUT2D eigenvalue weighted by molar-refractivity contribution is 0.171. The van der Waals surface area contributed by atoms with E-state index in [0.29, 0.717) is 11.7 Å². The summed E-state index contributed by atoms with van der Waals surface area (Å²) >= 11 is 0. The minimum atomic E-state index is 0.253. The van der Waals surface area contributed by atoms with E-state index in [2.05, 4.69) is 39.1 Å². The van der Waals surface area contributed by atoms with E-state index in [1.165, 1.54) is 11.1 Å². The molecule has 2 aromatic heterocycles. The Balaban J connectivity index is 1.30. The molecule has 5 rings (SSSR count). The second-order valence-corrected chi connectivity index (χ2v) is 7.46. The first-order valence-corrected chi connectivity index (χ1v) is 9.85. The standard InChI is InChI=1S/C23H23N3O3/c1-27-21-10-16(11-22-23(21)29-15-28-22)13-26-9-5-19(14-26)18-4-8-25-20(12-18)17-2-6-24-7-3-17/h2-4,6-8,10-12,19H,5,9,13-15H2,1H3. The number of hydrogen-bond donors (Lipinski definition) is 0. The van der Waals surface area contributed by atoms with Crippen LogP contribution in [0.4, 0.5) is 0 Å². The van der Waals surface area contributed by atoms with Crippen LogP contribution >= 0.6 is 0 Å². The van der Waals surface area contributed by atoms with Crippen LogP contribution < -0.4 is 14.2 Å². The Morgan fingerprint density at radius 1 is 1.10 bits per heavy atom. The summed E-state index contributed by atoms with van der Waals surface area (Å²) in [6, 6.07) is 12.5. The van der Waals surface area contributed by atoms with Crippen LogP contribution in [-0.2, 0) is 6.54 Å². The Kier molecular flexibility index (Phi) is 4.77. The summed E-state index contributed by atoms with van der Waals surface area (Å²) in [6.45, 7) is 3.21. The molecule has 3 aromatic rings. The van der Waals surface area contributed by atoms with E-state index >= 15 is 0 Å². The van der Waals surface area contributed by atoms with Gasteiger partial charge in [-0.1, -0.05) is 0 Å². The fourth-order valence-corrected chi connectivity index (χ4v) is 4.16. The van der Waals surface area contributed by atoms with Gasteiger partial charge in [0.1, 0.15) is 0 Å². The van der Waals surface area contributed by atoms with Crippen LogP contribution in [0.3, 0.4) is 0 Å². The molecule has 0 amide bonds. The summed E-state index contributed by atoms with van der Waals surface area (Å²) in [4.78, 5) is 11.1. The molecule has 1 fully saturated rings. The first kappa shape index (κ1) is 17.9. The third kappa shape index (κ3) is 3.63. The van der Waals surface area contributed by atoms with Gasteiger partial charge in [0, 0.05) is 37.2 Å². The molecule has 0 spiro atoms. The van der Waals surface area contributed by atoms with E-state index in [-0.39, 0.29) is 6.79 Å². The van der Waals surface area contributed by atoms with Gasteiger partial charge in [0.05, 0.1) is 12.8 Å². The Bertz CT molecular complexity index is 1010. The summed E-state index contributed by atoms with van der Waals surface area (Å²) in [5, 5.41) is 0. The van der Waals surface area contributed by atoms with Crippen LogP contribution in [0.1, 0.15) is 23.5 Å². The van der Waals surface area contributed by atoms with E-state index in [0.717, 1.165) is 48.8 Å². The molecule has 0 N–H and O–H groups in total. The molecule has 1 aromatic carbocycles. The van der Waals surface area contributed by atoms with E-state index < -0.39 is 0 Å². The largest absolute Gasteiger partial charge is 0.493 e. The number of pyridine rings is 2. The van der Waals surface area contributed by atoms with Gasteiger partial charge in [-0.2, -0.15) is 0 Å². The molecule has 4 heterocycles. The number of nitrogens with zero attached hydrogens (tertiary/aromatic N) is 3. The smallest absolute Gasteiger partial charge is 0.231 e. The predicted octanol–water partition coefficient (Wildman–Crippen LogP) is 3.87. The fourth-order valence-electron chi connectivity index (χ4n) is 4.16. The van der Waals surface area contributed by atoms with Crippen molar-refractivity contribution in [2.45, 2.75) is 18.9 Å². The number of methoxy groups -OCH3 is 1. The summed E-state index contributed by atoms with van der Waals surface area (Å²) in [7, 11) is 1.66. The highest BCUT2D eigenvalue weighted by Crippen LogP contribution is 2.42. The maximum absolute atomic E-state index is 5.56. The molecule has 1 saturated heterocycles. The first-order chi connectivity index (χ1) is 14.3. The average Bonchev–Trinajstić information content (AvgIpc) is 3.43. The van der Waals surface area contributed by atoms with Crippen molar-refractivity contribution in [1.82, 2.24) is 14.9 Å². The van der Waals surface area contributed by atoms with Gasteiger partial charge in [-0.3, -0.25) is 14.9 Å². The maximum atomic E-state index is 5.56. The van der Waals surface area contributed by atoms with Gasteiger partial charge in [-0.25, -0.2) is 0 Å². The number of fused-ring (bicyclic) bond motifs is 1. The van der Waals surface area contributed by atoms with Gasteiger partial charge < -0.3 is 14.2 Å². The molecule has 148 valence electrons. The summed E-state index contributed by atoms with van der Waals surface area (Å²) in [6.07, 6.45) is 6.67. The zero-order chi connectivity index (χ0) is 19.6. The number of benzene rings is 1. The number of rotatable bonds is 5. The highest BCUT2D eigenvalue weighted by molar-refractivity contribution is 5.59. The van der Waals surface area contributed by atoms with Crippen molar-refractivity contribution in [1.29, 1.82) is 0 Å². The predicted molar refractivity (Wildman–Crippen MR) is 109 cm³/mol. The molecular formula is C23H23N3O3. The second-order valence-electron chi connectivity index (χ2n) is 7.46. The maximum Gasteiger partial charge on any atom is 0.231 e. The average molecular weight is 389 g/mol. The Hall–Kier alpha value is -3.12. The molecule has 0 aliphatic carbocycles. The second kappa shape index (κ2) is 7.72. The molecule has 0 saturated carbocycles. The number of hydrogen-bond acceptors (Lipinski definition) is 6. The number of aromatic nitrogens is 2. The van der Waals surface area contributed by atoms with Crippen molar-refractivity contribution in [3.63, 3.8) is 0 Å². The molecule has 1 atom stereocenters. The fraction of sp³-hybridized carbons (Fsp3) is 0.304. The van der Waals surface area contributed by atoms with E-state index in [1.807, 2.05) is 18.3 Å². The van der Waals surface area contributed by atoms with Crippen LogP contribution in [0.15, 0.2) is 55.0 Å². The molecule has 29 heavy (non-hydrogen) atoms. The summed E-state index contributed by atoms with van der Waals surface area (Å²) in [5.41, 5.74) is 4.63. The van der Waals surface area contributed by atoms with Gasteiger partial charge in [0.25, 0.3) is 0 Å². The van der Waals surface area contributed by atoms with Crippen molar-refractivity contribution >= 4 is 0 Å². The quantitative estimate of drug-likeness (QED) is 0.660. The zero-order valence-electron chi connectivity index (χ0n) is 16.4. The summed E-state index contributed by atoms with van der Waals surface area (Å²) < 4.78 is 16.5. The third-order valence-corrected chi connectivity index (χ3v) is 5.63. The van der Waals surface area contributed by atoms with Gasteiger partial charge in [0.15, 0.2) is 11.5 Å². The number of likely N-dealkylation sites (tertiary alicyclic amines) is 1. The van der Waals surface area contributed by atoms with Gasteiger partial charge in [0.2, 0.25) is 12.5 Å². The molecule has 2 aliphatic heterocycles. The molecule has 0 radical (unpaired) electrons. The van der Waals surface area contributed by atoms with Crippen LogP contribution in [0, 0.1) is 0 Å². The van der Waals surface area contributed by atoms with Crippen molar-refractivity contribution in [2.75, 3.05) is 27.0 Å². The molecule has 2 aliphatic rings.